The zero-order chi connectivity index (χ0) is 83.5. The molecule has 0 aliphatic heterocycles. The Balaban J connectivity index is 3.61. The van der Waals surface area contributed by atoms with Gasteiger partial charge in [-0.3, -0.25) is 91.1 Å². The molecule has 46 heteroatoms. The molecule has 0 radical (unpaired) electrons. The Labute approximate surface area is 634 Å². The van der Waals surface area contributed by atoms with Crippen LogP contribution in [-0.2, 0) is 102 Å². The minimum atomic E-state index is -2.30. The number of carboxylic acid groups (broad SMARTS) is 4. The van der Waals surface area contributed by atoms with Crippen molar-refractivity contribution in [3.63, 3.8) is 0 Å². The minimum Gasteiger partial charge on any atom is -0.481 e. The summed E-state index contributed by atoms with van der Waals surface area (Å²) in [7, 11) is 0. The van der Waals surface area contributed by atoms with Crippen LogP contribution in [0.2, 0.25) is 0 Å². The number of amides is 16. The Morgan fingerprint density at radius 1 is 0.400 bits per heavy atom. The third kappa shape index (κ3) is 37.5. The van der Waals surface area contributed by atoms with Gasteiger partial charge < -0.3 is 134 Å². The zero-order valence-corrected chi connectivity index (χ0v) is 61.2. The molecule has 0 saturated heterocycles. The molecule has 1 aromatic carbocycles. The fourth-order valence-electron chi connectivity index (χ4n) is 9.94. The first-order valence-electron chi connectivity index (χ1n) is 34.4. The van der Waals surface area contributed by atoms with Gasteiger partial charge in [0.1, 0.15) is 72.5 Å². The second kappa shape index (κ2) is 51.2. The maximum absolute atomic E-state index is 14.4. The van der Waals surface area contributed by atoms with Crippen LogP contribution in [0.4, 0.5) is 0 Å². The number of benzene rings is 1. The molecule has 0 aromatic heterocycles. The lowest BCUT2D eigenvalue weighted by atomic mass is 9.97. The first-order chi connectivity index (χ1) is 51.7. The number of rotatable bonds is 56. The first-order valence-corrected chi connectivity index (χ1v) is 35.1. The van der Waals surface area contributed by atoms with Crippen molar-refractivity contribution >= 4 is 131 Å². The summed E-state index contributed by atoms with van der Waals surface area (Å²) in [5, 5.41) is 87.9. The third-order valence-electron chi connectivity index (χ3n) is 16.1. The zero-order valence-electron chi connectivity index (χ0n) is 60.3. The summed E-state index contributed by atoms with van der Waals surface area (Å²) in [6, 6.07) is -16.1. The lowest BCUT2D eigenvalue weighted by molar-refractivity contribution is -0.143. The number of aliphatic hydroxyl groups is 2. The Kier molecular flexibility index (Phi) is 45.0. The highest BCUT2D eigenvalue weighted by atomic mass is 32.1. The fourth-order valence-corrected chi connectivity index (χ4v) is 10.1. The number of hydrogen-bond donors (Lipinski definition) is 26. The number of carbonyl (C=O) groups excluding carboxylic acids is 16. The van der Waals surface area contributed by atoms with Crippen LogP contribution in [0.15, 0.2) is 30.3 Å². The van der Waals surface area contributed by atoms with Crippen molar-refractivity contribution in [2.75, 3.05) is 38.6 Å². The topological polar surface area (TPSA) is 775 Å². The van der Waals surface area contributed by atoms with E-state index in [0.717, 1.165) is 0 Å². The van der Waals surface area contributed by atoms with E-state index in [1.165, 1.54) is 6.92 Å². The number of thiol groups is 1. The van der Waals surface area contributed by atoms with Crippen LogP contribution in [0, 0.1) is 5.92 Å². The van der Waals surface area contributed by atoms with Gasteiger partial charge in [0.05, 0.1) is 51.5 Å². The second-order valence-electron chi connectivity index (χ2n) is 25.0. The molecule has 31 N–H and O–H groups in total. The summed E-state index contributed by atoms with van der Waals surface area (Å²) in [5.74, 6) is -27.6. The molecule has 0 fully saturated rings. The molecule has 0 aliphatic carbocycles. The number of aliphatic hydroxyl groups excluding tert-OH is 2. The molecule has 1 rings (SSSR count). The van der Waals surface area contributed by atoms with E-state index in [-0.39, 0.29) is 57.4 Å². The number of nitrogens with one attached hydrogen (secondary N) is 13. The lowest BCUT2D eigenvalue weighted by Crippen LogP contribution is -2.62. The van der Waals surface area contributed by atoms with Gasteiger partial charge in [0, 0.05) is 25.0 Å². The normalized spacial score (nSPS) is 14.7. The van der Waals surface area contributed by atoms with E-state index in [1.807, 2.05) is 21.3 Å². The summed E-state index contributed by atoms with van der Waals surface area (Å²) in [4.78, 5) is 262. The molecule has 0 spiro atoms. The van der Waals surface area contributed by atoms with Gasteiger partial charge in [0.15, 0.2) is 0 Å². The van der Waals surface area contributed by atoms with E-state index >= 15 is 0 Å². The number of aliphatic carboxylic acids is 4. The SMILES string of the molecule is CC[C@H](C)[C@H](NC(=O)[C@H](CC(N)=O)NC(=O)[C@H](CO)NC(=O)[C@H](CCC(=O)O)NC(=O)[C@H](CC(=O)O)NC(=O)[C@H](CC(N)=O)NC(=O)[C@H](CC(N)=O)NC(=O)CNC(=O)[C@@H](N)CS)C(=O)N[C@@H](CO)C(=O)N[C@@H](Cc1ccccc1)C(=O)N[C@@H](CCCCN)C(=O)N[C@@H](CCC(=O)O)C(=O)N[C@@H](CCCCN)C(=O)O. The largest absolute Gasteiger partial charge is 0.481 e. The number of nitrogens with two attached hydrogens (primary N) is 6. The number of carbonyl (C=O) groups is 20. The van der Waals surface area contributed by atoms with Crippen molar-refractivity contribution in [3.05, 3.63) is 35.9 Å². The van der Waals surface area contributed by atoms with Crippen LogP contribution in [0.1, 0.15) is 116 Å². The molecule has 0 heterocycles. The van der Waals surface area contributed by atoms with Gasteiger partial charge in [0.2, 0.25) is 94.5 Å². The average molecular weight is 1580 g/mol. The maximum Gasteiger partial charge on any atom is 0.326 e. The van der Waals surface area contributed by atoms with Gasteiger partial charge in [-0.15, -0.1) is 0 Å². The minimum absolute atomic E-state index is 0.0563. The fraction of sp³-hybridized carbons (Fsp3) is 0.594. The van der Waals surface area contributed by atoms with Crippen molar-refractivity contribution in [2.24, 2.45) is 40.3 Å². The van der Waals surface area contributed by atoms with E-state index in [9.17, 15) is 127 Å². The number of primary amides is 3. The number of carboxylic acids is 4. The molecule has 14 atom stereocenters. The van der Waals surface area contributed by atoms with Gasteiger partial charge in [-0.05, 0) is 75.9 Å². The highest BCUT2D eigenvalue weighted by molar-refractivity contribution is 7.80. The van der Waals surface area contributed by atoms with Crippen molar-refractivity contribution < 1.29 is 127 Å². The Morgan fingerprint density at radius 2 is 0.736 bits per heavy atom. The van der Waals surface area contributed by atoms with Crippen LogP contribution in [0.5, 0.6) is 0 Å². The number of unbranched alkanes of at least 4 members (excludes halogenated alkanes) is 2. The van der Waals surface area contributed by atoms with Crippen LogP contribution < -0.4 is 104 Å². The van der Waals surface area contributed by atoms with Crippen LogP contribution in [0.25, 0.3) is 0 Å². The van der Waals surface area contributed by atoms with E-state index in [2.05, 4.69) is 60.5 Å². The predicted molar refractivity (Wildman–Crippen MR) is 383 cm³/mol. The van der Waals surface area contributed by atoms with Gasteiger partial charge in [-0.1, -0.05) is 50.6 Å². The molecule has 0 bridgehead atoms. The average Bonchev–Trinajstić information content (AvgIpc) is 0.854. The highest BCUT2D eigenvalue weighted by Gasteiger charge is 2.39. The smallest absolute Gasteiger partial charge is 0.326 e. The second-order valence-corrected chi connectivity index (χ2v) is 25.4. The van der Waals surface area contributed by atoms with Crippen molar-refractivity contribution in [3.8, 4) is 0 Å². The molecular weight excluding hydrogens is 1480 g/mol. The number of hydrogen-bond acceptors (Lipinski definition) is 26. The van der Waals surface area contributed by atoms with Crippen LogP contribution in [0.3, 0.4) is 0 Å². The molecule has 16 amide bonds. The summed E-state index contributed by atoms with van der Waals surface area (Å²) >= 11 is 3.86. The predicted octanol–water partition coefficient (Wildman–Crippen LogP) is -11.4. The van der Waals surface area contributed by atoms with E-state index < -0.39 is 274 Å². The Morgan fingerprint density at radius 3 is 1.12 bits per heavy atom. The lowest BCUT2D eigenvalue weighted by Gasteiger charge is -2.29. The maximum atomic E-state index is 14.4. The molecule has 0 aliphatic rings. The summed E-state index contributed by atoms with van der Waals surface area (Å²) in [6.45, 7) is -0.0970. The van der Waals surface area contributed by atoms with Crippen molar-refractivity contribution in [2.45, 2.75) is 195 Å². The van der Waals surface area contributed by atoms with Crippen molar-refractivity contribution in [1.82, 2.24) is 69.1 Å². The quantitative estimate of drug-likeness (QED) is 0.0213. The molecule has 45 nitrogen and oxygen atoms in total. The molecule has 0 unspecified atom stereocenters. The standard InChI is InChI=1S/C64H101N19O26S/c1-3-30(2)51(63(107)82-43(28-85)62(106)77-37(21-31-11-5-4-6-12-31)56(100)73-33(13-7-9-19-65)53(97)74-34(15-17-48(90)91)54(98)76-36(64(108)109)14-8-10-20-66)83-60(104)40(24-46(70)88)79-61(105)42(27-84)81-55(99)35(16-18-49(92)93)75-59(103)41(25-50(94)95)80-58(102)39(23-45(69)87)78-57(101)38(22-44(68)86)72-47(89)26-71-52(96)32(67)29-110/h4-6,11-12,30,32-43,51,84-85,110H,3,7-10,13-29,65-67H2,1-2H3,(H2,68,86)(H2,69,87)(H2,70,88)(H,71,96)(H,72,89)(H,73,100)(H,74,97)(H,75,103)(H,76,98)(H,77,106)(H,78,101)(H,79,105)(H,80,102)(H,81,99)(H,82,107)(H,83,104)(H,90,91)(H,92,93)(H,94,95)(H,108,109)/t30-,32-,33-,34-,35-,36-,37-,38-,39-,40-,41-,42-,43-,51-/m0/s1. The Hall–Kier alpha value is -11.2. The molecule has 110 heavy (non-hydrogen) atoms. The van der Waals surface area contributed by atoms with Crippen molar-refractivity contribution in [1.29, 1.82) is 0 Å². The van der Waals surface area contributed by atoms with E-state index in [0.29, 0.717) is 18.4 Å². The van der Waals surface area contributed by atoms with Gasteiger partial charge in [0.25, 0.3) is 0 Å². The first kappa shape index (κ1) is 96.8. The van der Waals surface area contributed by atoms with Crippen LogP contribution >= 0.6 is 12.6 Å². The van der Waals surface area contributed by atoms with Gasteiger partial charge >= 0.3 is 23.9 Å². The van der Waals surface area contributed by atoms with Gasteiger partial charge in [-0.25, -0.2) is 4.79 Å². The molecule has 1 aromatic rings. The molecular formula is C64H101N19O26S. The van der Waals surface area contributed by atoms with E-state index in [4.69, 9.17) is 34.4 Å². The third-order valence-corrected chi connectivity index (χ3v) is 16.5. The summed E-state index contributed by atoms with van der Waals surface area (Å²) in [5.41, 5.74) is 33.1. The molecule has 0 saturated carbocycles. The Bertz CT molecular complexity index is 3400. The van der Waals surface area contributed by atoms with Crippen LogP contribution in [-0.4, -0.2) is 266 Å². The van der Waals surface area contributed by atoms with Gasteiger partial charge in [-0.2, -0.15) is 12.6 Å². The highest BCUT2D eigenvalue weighted by Crippen LogP contribution is 2.14. The molecule has 614 valence electrons. The summed E-state index contributed by atoms with van der Waals surface area (Å²) in [6.07, 6.45) is -6.93. The van der Waals surface area contributed by atoms with E-state index in [1.54, 1.807) is 37.3 Å². The summed E-state index contributed by atoms with van der Waals surface area (Å²) < 4.78 is 0. The monoisotopic (exact) mass is 1580 g/mol.